The lowest BCUT2D eigenvalue weighted by Gasteiger charge is -2.30. The number of hydrogen-bond donors (Lipinski definition) is 3. The molecule has 4 N–H and O–H groups in total. The molecule has 1 aliphatic rings. The van der Waals surface area contributed by atoms with Crippen LogP contribution in [0, 0.1) is 10.1 Å². The van der Waals surface area contributed by atoms with E-state index < -0.39 is 10.8 Å². The van der Waals surface area contributed by atoms with Crippen LogP contribution < -0.4 is 10.6 Å². The molecule has 0 amide bonds. The summed E-state index contributed by atoms with van der Waals surface area (Å²) in [6, 6.07) is 2.80. The van der Waals surface area contributed by atoms with Crippen LogP contribution in [0.25, 0.3) is 0 Å². The fourth-order valence-electron chi connectivity index (χ4n) is 2.10. The van der Waals surface area contributed by atoms with E-state index in [2.05, 4.69) is 10.1 Å². The normalized spacial score (nSPS) is 17.2. The van der Waals surface area contributed by atoms with E-state index in [0.29, 0.717) is 31.7 Å². The molecule has 108 valence electrons. The maximum absolute atomic E-state index is 10.9. The number of rotatable bonds is 3. The largest absolute Gasteiger partial charge is 0.409 e. The number of amidine groups is 1. The van der Waals surface area contributed by atoms with Gasteiger partial charge in [0.2, 0.25) is 0 Å². The molecule has 0 bridgehead atoms. The van der Waals surface area contributed by atoms with Gasteiger partial charge in [-0.25, -0.2) is 4.98 Å². The van der Waals surface area contributed by atoms with Gasteiger partial charge in [-0.2, -0.15) is 0 Å². The Morgan fingerprint density at radius 3 is 2.70 bits per heavy atom. The minimum absolute atomic E-state index is 0.166. The van der Waals surface area contributed by atoms with Crippen LogP contribution in [0.4, 0.5) is 11.5 Å². The number of oxime groups is 1. The van der Waals surface area contributed by atoms with Gasteiger partial charge in [0.25, 0.3) is 5.69 Å². The summed E-state index contributed by atoms with van der Waals surface area (Å²) in [6.07, 6.45) is 0.891. The average molecular weight is 281 g/mol. The van der Waals surface area contributed by atoms with Gasteiger partial charge in [-0.3, -0.25) is 10.1 Å². The lowest BCUT2D eigenvalue weighted by atomic mass is 10.1. The van der Waals surface area contributed by atoms with Crippen molar-refractivity contribution >= 4 is 17.3 Å². The molecular weight excluding hydrogens is 266 g/mol. The molecule has 0 atom stereocenters. The third-order valence-corrected chi connectivity index (χ3v) is 3.19. The molecule has 0 radical (unpaired) electrons. The number of anilines is 1. The predicted molar refractivity (Wildman–Crippen MR) is 70.9 cm³/mol. The standard InChI is InChI=1S/C11H15N5O4/c12-11(14-18)10-8(16(19)20)1-2-9(13-10)15-5-3-7(17)4-6-15/h1-2,7,17-18H,3-6H2,(H2,12,14). The molecule has 0 saturated carbocycles. The van der Waals surface area contributed by atoms with Gasteiger partial charge in [-0.05, 0) is 18.9 Å². The predicted octanol–water partition coefficient (Wildman–Crippen LogP) is 0.0454. The molecule has 9 nitrogen and oxygen atoms in total. The van der Waals surface area contributed by atoms with Gasteiger partial charge in [0.15, 0.2) is 11.5 Å². The Morgan fingerprint density at radius 2 is 2.15 bits per heavy atom. The minimum atomic E-state index is -0.635. The van der Waals surface area contributed by atoms with Crippen LogP contribution in [0.3, 0.4) is 0 Å². The number of nitrogens with zero attached hydrogens (tertiary/aromatic N) is 4. The monoisotopic (exact) mass is 281 g/mol. The van der Waals surface area contributed by atoms with Crippen LogP contribution in [0.1, 0.15) is 18.5 Å². The molecule has 0 unspecified atom stereocenters. The summed E-state index contributed by atoms with van der Waals surface area (Å²) >= 11 is 0. The van der Waals surface area contributed by atoms with Crippen LogP contribution in [0.2, 0.25) is 0 Å². The molecule has 2 heterocycles. The summed E-state index contributed by atoms with van der Waals surface area (Å²) in [6.45, 7) is 1.20. The number of aliphatic hydroxyl groups excluding tert-OH is 1. The Bertz CT molecular complexity index is 540. The highest BCUT2D eigenvalue weighted by Gasteiger charge is 2.23. The Balaban J connectivity index is 2.34. The summed E-state index contributed by atoms with van der Waals surface area (Å²) < 4.78 is 0. The van der Waals surface area contributed by atoms with Crippen molar-refractivity contribution in [3.63, 3.8) is 0 Å². The van der Waals surface area contributed by atoms with E-state index in [9.17, 15) is 15.2 Å². The zero-order valence-corrected chi connectivity index (χ0v) is 10.6. The summed E-state index contributed by atoms with van der Waals surface area (Å²) in [5.41, 5.74) is 4.94. The van der Waals surface area contributed by atoms with E-state index in [-0.39, 0.29) is 17.5 Å². The quantitative estimate of drug-likeness (QED) is 0.234. The third-order valence-electron chi connectivity index (χ3n) is 3.19. The van der Waals surface area contributed by atoms with Crippen molar-refractivity contribution in [1.82, 2.24) is 4.98 Å². The molecular formula is C11H15N5O4. The first-order valence-corrected chi connectivity index (χ1v) is 6.09. The van der Waals surface area contributed by atoms with Crippen molar-refractivity contribution in [2.45, 2.75) is 18.9 Å². The minimum Gasteiger partial charge on any atom is -0.409 e. The summed E-state index contributed by atoms with van der Waals surface area (Å²) in [4.78, 5) is 16.3. The first-order chi connectivity index (χ1) is 9.52. The zero-order chi connectivity index (χ0) is 14.7. The van der Waals surface area contributed by atoms with Crippen molar-refractivity contribution < 1.29 is 15.2 Å². The number of piperidine rings is 1. The summed E-state index contributed by atoms with van der Waals surface area (Å²) in [5, 5.41) is 31.8. The number of aliphatic hydroxyl groups is 1. The fourth-order valence-corrected chi connectivity index (χ4v) is 2.10. The zero-order valence-electron chi connectivity index (χ0n) is 10.6. The molecule has 0 spiro atoms. The maximum Gasteiger partial charge on any atom is 0.298 e. The lowest BCUT2D eigenvalue weighted by molar-refractivity contribution is -0.385. The number of hydrogen-bond acceptors (Lipinski definition) is 7. The molecule has 0 aromatic carbocycles. The maximum atomic E-state index is 10.9. The van der Waals surface area contributed by atoms with Gasteiger partial charge in [-0.1, -0.05) is 5.16 Å². The second-order valence-corrected chi connectivity index (χ2v) is 4.50. The molecule has 0 aliphatic carbocycles. The SMILES string of the molecule is N/C(=N/O)c1nc(N2CCC(O)CC2)ccc1[N+](=O)[O-]. The van der Waals surface area contributed by atoms with Gasteiger partial charge in [-0.15, -0.1) is 0 Å². The van der Waals surface area contributed by atoms with Crippen LogP contribution in [0.15, 0.2) is 17.3 Å². The highest BCUT2D eigenvalue weighted by atomic mass is 16.6. The molecule has 20 heavy (non-hydrogen) atoms. The van der Waals surface area contributed by atoms with Crippen molar-refractivity contribution in [2.24, 2.45) is 10.9 Å². The molecule has 1 fully saturated rings. The van der Waals surface area contributed by atoms with Gasteiger partial charge >= 0.3 is 0 Å². The van der Waals surface area contributed by atoms with E-state index in [0.717, 1.165) is 0 Å². The van der Waals surface area contributed by atoms with Crippen LogP contribution in [-0.2, 0) is 0 Å². The van der Waals surface area contributed by atoms with E-state index in [1.165, 1.54) is 12.1 Å². The van der Waals surface area contributed by atoms with Crippen molar-refractivity contribution in [3.05, 3.63) is 27.9 Å². The molecule has 1 saturated heterocycles. The van der Waals surface area contributed by atoms with Gasteiger partial charge in [0.1, 0.15) is 5.82 Å². The van der Waals surface area contributed by atoms with Gasteiger partial charge < -0.3 is 20.9 Å². The van der Waals surface area contributed by atoms with Crippen LogP contribution in [0.5, 0.6) is 0 Å². The number of pyridine rings is 1. The molecule has 1 aliphatic heterocycles. The molecule has 1 aromatic heterocycles. The molecule has 2 rings (SSSR count). The summed E-state index contributed by atoms with van der Waals surface area (Å²) in [7, 11) is 0. The van der Waals surface area contributed by atoms with E-state index in [1.54, 1.807) is 0 Å². The van der Waals surface area contributed by atoms with Gasteiger partial charge in [0.05, 0.1) is 11.0 Å². The second-order valence-electron chi connectivity index (χ2n) is 4.50. The van der Waals surface area contributed by atoms with Crippen molar-refractivity contribution in [1.29, 1.82) is 0 Å². The van der Waals surface area contributed by atoms with Gasteiger partial charge in [0, 0.05) is 19.2 Å². The average Bonchev–Trinajstić information content (AvgIpc) is 2.46. The Morgan fingerprint density at radius 1 is 1.50 bits per heavy atom. The molecule has 9 heteroatoms. The van der Waals surface area contributed by atoms with Crippen molar-refractivity contribution in [2.75, 3.05) is 18.0 Å². The lowest BCUT2D eigenvalue weighted by Crippen LogP contribution is -2.36. The van der Waals surface area contributed by atoms with Crippen LogP contribution in [-0.4, -0.2) is 45.3 Å². The summed E-state index contributed by atoms with van der Waals surface area (Å²) in [5.74, 6) is 0.0969. The van der Waals surface area contributed by atoms with E-state index >= 15 is 0 Å². The Hall–Kier alpha value is -2.42. The smallest absolute Gasteiger partial charge is 0.298 e. The number of nitro groups is 1. The van der Waals surface area contributed by atoms with E-state index in [4.69, 9.17) is 10.9 Å². The first kappa shape index (κ1) is 14.0. The fraction of sp³-hybridized carbons (Fsp3) is 0.455. The topological polar surface area (TPSA) is 138 Å². The van der Waals surface area contributed by atoms with Crippen molar-refractivity contribution in [3.8, 4) is 0 Å². The second kappa shape index (κ2) is 5.70. The first-order valence-electron chi connectivity index (χ1n) is 6.09. The van der Waals surface area contributed by atoms with Crippen LogP contribution >= 0.6 is 0 Å². The Kier molecular flexibility index (Phi) is 3.99. The van der Waals surface area contributed by atoms with E-state index in [1.807, 2.05) is 4.90 Å². The third kappa shape index (κ3) is 2.77. The number of nitrogens with two attached hydrogens (primary N) is 1. The number of aromatic nitrogens is 1. The highest BCUT2D eigenvalue weighted by Crippen LogP contribution is 2.23. The molecule has 1 aromatic rings. The highest BCUT2D eigenvalue weighted by molar-refractivity contribution is 5.99. The Labute approximate surface area is 114 Å².